The van der Waals surface area contributed by atoms with Crippen LogP contribution in [-0.2, 0) is 14.8 Å². The first kappa shape index (κ1) is 22.3. The molecule has 0 saturated heterocycles. The first-order chi connectivity index (χ1) is 14.2. The van der Waals surface area contributed by atoms with E-state index in [4.69, 9.17) is 0 Å². The largest absolute Gasteiger partial charge is 0.338 e. The van der Waals surface area contributed by atoms with E-state index in [0.717, 1.165) is 35.2 Å². The summed E-state index contributed by atoms with van der Waals surface area (Å²) < 4.78 is 27.0. The lowest BCUT2D eigenvalue weighted by Crippen LogP contribution is -2.39. The molecule has 1 saturated carbocycles. The van der Waals surface area contributed by atoms with Gasteiger partial charge in [0.2, 0.25) is 5.91 Å². The molecule has 1 fully saturated rings. The van der Waals surface area contributed by atoms with Crippen molar-refractivity contribution >= 4 is 21.7 Å². The molecule has 0 radical (unpaired) electrons. The van der Waals surface area contributed by atoms with Crippen LogP contribution in [0, 0.1) is 18.8 Å². The summed E-state index contributed by atoms with van der Waals surface area (Å²) in [5, 5.41) is 0. The molecule has 1 atom stereocenters. The van der Waals surface area contributed by atoms with Gasteiger partial charge >= 0.3 is 0 Å². The lowest BCUT2D eigenvalue weighted by molar-refractivity contribution is -0.135. The number of hydrogen-bond donors (Lipinski definition) is 0. The molecule has 0 bridgehead atoms. The van der Waals surface area contributed by atoms with Gasteiger partial charge in [-0.3, -0.25) is 9.59 Å². The van der Waals surface area contributed by atoms with E-state index in [1.165, 1.54) is 41.8 Å². The number of likely N-dealkylation sites (N-methyl/N-ethyl adjacent to an activating group) is 1. The van der Waals surface area contributed by atoms with Crippen LogP contribution in [0.5, 0.6) is 0 Å². The van der Waals surface area contributed by atoms with Gasteiger partial charge in [-0.05, 0) is 49.9 Å². The van der Waals surface area contributed by atoms with Gasteiger partial charge < -0.3 is 4.90 Å². The molecule has 3 rings (SSSR count). The number of carbonyl (C=O) groups is 2. The van der Waals surface area contributed by atoms with Crippen LogP contribution in [0.1, 0.15) is 55.1 Å². The highest BCUT2D eigenvalue weighted by molar-refractivity contribution is 7.90. The summed E-state index contributed by atoms with van der Waals surface area (Å²) in [6.07, 6.45) is 6.98. The Morgan fingerprint density at radius 3 is 2.37 bits per heavy atom. The SMILES string of the molecule is Cc1ccc(S(=O)(=O)n2cccc2C(=O)CN(C)C(=O)[C@@H](C)C2CCCCC2)cc1. The third-order valence-electron chi connectivity index (χ3n) is 6.08. The smallest absolute Gasteiger partial charge is 0.268 e. The van der Waals surface area contributed by atoms with Gasteiger partial charge in [0.15, 0.2) is 5.78 Å². The standard InChI is InChI=1S/C23H30N2O4S/c1-17-11-13-20(14-12-17)30(28,29)25-15-7-10-21(25)22(26)16-24(3)23(27)18(2)19-8-5-4-6-9-19/h7,10-15,18-19H,4-6,8-9,16H2,1-3H3/t18-/m0/s1. The van der Waals surface area contributed by atoms with Crippen molar-refractivity contribution in [3.63, 3.8) is 0 Å². The fraction of sp³-hybridized carbons (Fsp3) is 0.478. The van der Waals surface area contributed by atoms with Crippen molar-refractivity contribution < 1.29 is 18.0 Å². The molecule has 1 amide bonds. The first-order valence-corrected chi connectivity index (χ1v) is 11.9. The zero-order valence-electron chi connectivity index (χ0n) is 17.9. The average molecular weight is 431 g/mol. The Bertz CT molecular complexity index is 1000. The van der Waals surface area contributed by atoms with Crippen molar-refractivity contribution in [2.75, 3.05) is 13.6 Å². The van der Waals surface area contributed by atoms with Gasteiger partial charge in [0, 0.05) is 19.2 Å². The number of ketones is 1. The van der Waals surface area contributed by atoms with Crippen molar-refractivity contribution in [3.8, 4) is 0 Å². The number of Topliss-reactive ketones (excluding diaryl/α,β-unsaturated/α-hetero) is 1. The number of aromatic nitrogens is 1. The van der Waals surface area contributed by atoms with E-state index in [1.54, 1.807) is 19.2 Å². The normalized spacial score (nSPS) is 16.2. The van der Waals surface area contributed by atoms with Crippen LogP contribution >= 0.6 is 0 Å². The highest BCUT2D eigenvalue weighted by atomic mass is 32.2. The van der Waals surface area contributed by atoms with Gasteiger partial charge in [0.25, 0.3) is 10.0 Å². The van der Waals surface area contributed by atoms with E-state index in [2.05, 4.69) is 0 Å². The van der Waals surface area contributed by atoms with E-state index in [9.17, 15) is 18.0 Å². The molecular weight excluding hydrogens is 400 g/mol. The maximum absolute atomic E-state index is 13.0. The van der Waals surface area contributed by atoms with Crippen LogP contribution in [0.3, 0.4) is 0 Å². The predicted molar refractivity (Wildman–Crippen MR) is 116 cm³/mol. The Morgan fingerprint density at radius 2 is 1.73 bits per heavy atom. The lowest BCUT2D eigenvalue weighted by atomic mass is 9.80. The van der Waals surface area contributed by atoms with Crippen molar-refractivity contribution in [2.24, 2.45) is 11.8 Å². The van der Waals surface area contributed by atoms with Crippen molar-refractivity contribution in [2.45, 2.75) is 50.8 Å². The zero-order valence-corrected chi connectivity index (χ0v) is 18.7. The monoisotopic (exact) mass is 430 g/mol. The Kier molecular flexibility index (Phi) is 6.81. The summed E-state index contributed by atoms with van der Waals surface area (Å²) in [4.78, 5) is 27.3. The summed E-state index contributed by atoms with van der Waals surface area (Å²) in [6, 6.07) is 9.51. The topological polar surface area (TPSA) is 76.5 Å². The Morgan fingerprint density at radius 1 is 1.10 bits per heavy atom. The van der Waals surface area contributed by atoms with Gasteiger partial charge in [0.05, 0.1) is 11.4 Å². The van der Waals surface area contributed by atoms with E-state index in [0.29, 0.717) is 5.92 Å². The quantitative estimate of drug-likeness (QED) is 0.625. The molecular formula is C23H30N2O4S. The van der Waals surface area contributed by atoms with E-state index >= 15 is 0 Å². The second-order valence-corrected chi connectivity index (χ2v) is 10.1. The number of rotatable bonds is 7. The molecule has 162 valence electrons. The van der Waals surface area contributed by atoms with E-state index in [1.807, 2.05) is 13.8 Å². The predicted octanol–water partition coefficient (Wildman–Crippen LogP) is 3.89. The zero-order chi connectivity index (χ0) is 21.9. The third kappa shape index (κ3) is 4.67. The maximum Gasteiger partial charge on any atom is 0.268 e. The molecule has 1 aliphatic carbocycles. The summed E-state index contributed by atoms with van der Waals surface area (Å²) in [7, 11) is -2.27. The second kappa shape index (κ2) is 9.16. The molecule has 0 aliphatic heterocycles. The molecule has 1 aliphatic rings. The van der Waals surface area contributed by atoms with E-state index < -0.39 is 15.8 Å². The van der Waals surface area contributed by atoms with E-state index in [-0.39, 0.29) is 29.0 Å². The first-order valence-electron chi connectivity index (χ1n) is 10.5. The number of carbonyl (C=O) groups excluding carboxylic acids is 2. The molecule has 1 aromatic heterocycles. The van der Waals surface area contributed by atoms with Crippen molar-refractivity contribution in [1.82, 2.24) is 8.87 Å². The van der Waals surface area contributed by atoms with Gasteiger partial charge in [-0.15, -0.1) is 0 Å². The highest BCUT2D eigenvalue weighted by Crippen LogP contribution is 2.30. The number of amides is 1. The van der Waals surface area contributed by atoms with Gasteiger partial charge in [-0.2, -0.15) is 0 Å². The fourth-order valence-corrected chi connectivity index (χ4v) is 5.53. The van der Waals surface area contributed by atoms with Crippen molar-refractivity contribution in [1.29, 1.82) is 0 Å². The maximum atomic E-state index is 13.0. The summed E-state index contributed by atoms with van der Waals surface area (Å²) in [5.74, 6) is -0.238. The van der Waals surface area contributed by atoms with Gasteiger partial charge in [-0.25, -0.2) is 12.4 Å². The Balaban J connectivity index is 1.74. The lowest BCUT2D eigenvalue weighted by Gasteiger charge is -2.29. The molecule has 1 aromatic carbocycles. The van der Waals surface area contributed by atoms with Gasteiger partial charge in [0.1, 0.15) is 5.69 Å². The summed E-state index contributed by atoms with van der Waals surface area (Å²) >= 11 is 0. The van der Waals surface area contributed by atoms with Crippen molar-refractivity contribution in [3.05, 3.63) is 53.9 Å². The number of benzene rings is 1. The molecule has 0 N–H and O–H groups in total. The minimum Gasteiger partial charge on any atom is -0.338 e. The van der Waals surface area contributed by atoms with Crippen LogP contribution in [-0.4, -0.2) is 42.6 Å². The Hall–Kier alpha value is -2.41. The second-order valence-electron chi connectivity index (χ2n) is 8.31. The molecule has 0 unspecified atom stereocenters. The average Bonchev–Trinajstić information content (AvgIpc) is 3.24. The van der Waals surface area contributed by atoms with Gasteiger partial charge in [-0.1, -0.05) is 43.9 Å². The molecule has 1 heterocycles. The number of hydrogen-bond acceptors (Lipinski definition) is 4. The van der Waals surface area contributed by atoms with Crippen LogP contribution in [0.4, 0.5) is 0 Å². The Labute approximate surface area is 178 Å². The number of nitrogens with zero attached hydrogens (tertiary/aromatic N) is 2. The highest BCUT2D eigenvalue weighted by Gasteiger charge is 2.29. The minimum atomic E-state index is -3.89. The van der Waals surface area contributed by atoms with Crippen LogP contribution in [0.15, 0.2) is 47.5 Å². The molecule has 2 aromatic rings. The molecule has 30 heavy (non-hydrogen) atoms. The van der Waals surface area contributed by atoms with Crippen LogP contribution in [0.25, 0.3) is 0 Å². The number of aryl methyl sites for hydroxylation is 1. The van der Waals surface area contributed by atoms with Crippen LogP contribution in [0.2, 0.25) is 0 Å². The molecule has 0 spiro atoms. The molecule has 7 heteroatoms. The summed E-state index contributed by atoms with van der Waals surface area (Å²) in [5.41, 5.74) is 1.01. The van der Waals surface area contributed by atoms with Crippen LogP contribution < -0.4 is 0 Å². The summed E-state index contributed by atoms with van der Waals surface area (Å²) in [6.45, 7) is 3.66. The molecule has 6 nitrogen and oxygen atoms in total. The minimum absolute atomic E-state index is 0.0561. The fourth-order valence-electron chi connectivity index (χ4n) is 4.17. The third-order valence-corrected chi connectivity index (χ3v) is 7.78.